The number of aliphatic hydroxyl groups excluding tert-OH is 1. The number of nitrogens with one attached hydrogen (secondary N) is 1. The van der Waals surface area contributed by atoms with E-state index in [2.05, 4.69) is 19.2 Å². The number of rotatable bonds is 6. The quantitative estimate of drug-likeness (QED) is 0.553. The van der Waals surface area contributed by atoms with E-state index in [1.807, 2.05) is 6.92 Å². The molecule has 0 amide bonds. The Kier molecular flexibility index (Phi) is 6.51. The molecule has 0 fully saturated rings. The molecule has 0 unspecified atom stereocenters. The molecular weight excluding hydrogens is 142 g/mol. The zero-order valence-corrected chi connectivity index (χ0v) is 7.63. The van der Waals surface area contributed by atoms with Gasteiger partial charge in [0.25, 0.3) is 0 Å². The highest BCUT2D eigenvalue weighted by atomic mass is 16.5. The van der Waals surface area contributed by atoms with Gasteiger partial charge in [-0.15, -0.1) is 0 Å². The maximum atomic E-state index is 8.60. The summed E-state index contributed by atoms with van der Waals surface area (Å²) >= 11 is 0. The number of hydrogen-bond donors (Lipinski definition) is 2. The van der Waals surface area contributed by atoms with Gasteiger partial charge in [0, 0.05) is 12.6 Å². The standard InChI is InChI=1S/C8H19NO2/c1-7(2)9-4-5-11-8(3)6-10/h7-10H,4-6H2,1-3H3/t8-/m1/s1. The highest BCUT2D eigenvalue weighted by molar-refractivity contribution is 4.52. The van der Waals surface area contributed by atoms with Gasteiger partial charge in [0.15, 0.2) is 0 Å². The van der Waals surface area contributed by atoms with Crippen molar-refractivity contribution in [3.63, 3.8) is 0 Å². The van der Waals surface area contributed by atoms with E-state index in [0.717, 1.165) is 6.54 Å². The molecule has 68 valence electrons. The molecule has 0 rings (SSSR count). The fourth-order valence-electron chi connectivity index (χ4n) is 0.660. The van der Waals surface area contributed by atoms with Crippen molar-refractivity contribution >= 4 is 0 Å². The number of aliphatic hydroxyl groups is 1. The van der Waals surface area contributed by atoms with E-state index in [9.17, 15) is 0 Å². The molecule has 0 aliphatic carbocycles. The van der Waals surface area contributed by atoms with Crippen LogP contribution in [0.2, 0.25) is 0 Å². The summed E-state index contributed by atoms with van der Waals surface area (Å²) in [6, 6.07) is 0.503. The van der Waals surface area contributed by atoms with Crippen molar-refractivity contribution in [2.24, 2.45) is 0 Å². The van der Waals surface area contributed by atoms with Gasteiger partial charge in [-0.2, -0.15) is 0 Å². The van der Waals surface area contributed by atoms with Crippen molar-refractivity contribution < 1.29 is 9.84 Å². The SMILES string of the molecule is CC(C)NCCO[C@H](C)CO. The van der Waals surface area contributed by atoms with Crippen LogP contribution in [0, 0.1) is 0 Å². The Morgan fingerprint density at radius 1 is 1.36 bits per heavy atom. The lowest BCUT2D eigenvalue weighted by Crippen LogP contribution is -2.28. The summed E-state index contributed by atoms with van der Waals surface area (Å²) < 4.78 is 5.23. The summed E-state index contributed by atoms with van der Waals surface area (Å²) in [4.78, 5) is 0. The molecule has 3 heteroatoms. The van der Waals surface area contributed by atoms with Crippen molar-refractivity contribution in [3.05, 3.63) is 0 Å². The molecule has 3 nitrogen and oxygen atoms in total. The minimum absolute atomic E-state index is 0.0380. The first-order chi connectivity index (χ1) is 5.16. The normalized spacial score (nSPS) is 13.9. The number of ether oxygens (including phenoxy) is 1. The van der Waals surface area contributed by atoms with Gasteiger partial charge < -0.3 is 15.2 Å². The molecule has 0 aromatic heterocycles. The summed E-state index contributed by atoms with van der Waals surface area (Å²) in [5.41, 5.74) is 0. The predicted molar refractivity (Wildman–Crippen MR) is 45.6 cm³/mol. The van der Waals surface area contributed by atoms with Gasteiger partial charge in [0.2, 0.25) is 0 Å². The summed E-state index contributed by atoms with van der Waals surface area (Å²) in [6.45, 7) is 7.66. The van der Waals surface area contributed by atoms with Crippen LogP contribution in [-0.4, -0.2) is 37.0 Å². The Labute approximate surface area is 68.8 Å². The molecule has 0 saturated carbocycles. The average Bonchev–Trinajstić information content (AvgIpc) is 1.97. The Morgan fingerprint density at radius 3 is 2.45 bits per heavy atom. The van der Waals surface area contributed by atoms with Crippen molar-refractivity contribution in [2.75, 3.05) is 19.8 Å². The second-order valence-corrected chi connectivity index (χ2v) is 2.97. The molecule has 0 spiro atoms. The lowest BCUT2D eigenvalue weighted by Gasteiger charge is -2.11. The van der Waals surface area contributed by atoms with Gasteiger partial charge in [-0.1, -0.05) is 13.8 Å². The molecule has 1 atom stereocenters. The molecule has 0 bridgehead atoms. The highest BCUT2D eigenvalue weighted by Gasteiger charge is 1.98. The Bertz CT molecular complexity index is 86.2. The van der Waals surface area contributed by atoms with E-state index < -0.39 is 0 Å². The number of hydrogen-bond acceptors (Lipinski definition) is 3. The maximum absolute atomic E-state index is 8.60. The van der Waals surface area contributed by atoms with Crippen LogP contribution in [0.4, 0.5) is 0 Å². The van der Waals surface area contributed by atoms with Crippen LogP contribution >= 0.6 is 0 Å². The Morgan fingerprint density at radius 2 is 2.00 bits per heavy atom. The van der Waals surface area contributed by atoms with Crippen LogP contribution in [0.3, 0.4) is 0 Å². The van der Waals surface area contributed by atoms with Crippen LogP contribution in [0.15, 0.2) is 0 Å². The molecule has 0 saturated heterocycles. The fraction of sp³-hybridized carbons (Fsp3) is 1.00. The van der Waals surface area contributed by atoms with Gasteiger partial charge in [-0.05, 0) is 6.92 Å². The fourth-order valence-corrected chi connectivity index (χ4v) is 0.660. The molecule has 0 aliphatic rings. The predicted octanol–water partition coefficient (Wildman–Crippen LogP) is 0.382. The van der Waals surface area contributed by atoms with Crippen molar-refractivity contribution in [1.29, 1.82) is 0 Å². The summed E-state index contributed by atoms with van der Waals surface area (Å²) in [5, 5.41) is 11.8. The third-order valence-electron chi connectivity index (χ3n) is 1.31. The first kappa shape index (κ1) is 10.9. The Hall–Kier alpha value is -0.120. The van der Waals surface area contributed by atoms with Crippen LogP contribution in [0.1, 0.15) is 20.8 Å². The first-order valence-electron chi connectivity index (χ1n) is 4.12. The maximum Gasteiger partial charge on any atom is 0.0778 e. The topological polar surface area (TPSA) is 41.5 Å². The Balaban J connectivity index is 3.01. The minimum atomic E-state index is -0.0380. The van der Waals surface area contributed by atoms with Gasteiger partial charge in [0.1, 0.15) is 0 Å². The third kappa shape index (κ3) is 7.78. The minimum Gasteiger partial charge on any atom is -0.394 e. The van der Waals surface area contributed by atoms with Gasteiger partial charge in [-0.25, -0.2) is 0 Å². The lowest BCUT2D eigenvalue weighted by atomic mass is 10.4. The monoisotopic (exact) mass is 161 g/mol. The molecular formula is C8H19NO2. The van der Waals surface area contributed by atoms with E-state index in [-0.39, 0.29) is 12.7 Å². The van der Waals surface area contributed by atoms with E-state index in [1.165, 1.54) is 0 Å². The van der Waals surface area contributed by atoms with Crippen molar-refractivity contribution in [3.8, 4) is 0 Å². The van der Waals surface area contributed by atoms with E-state index >= 15 is 0 Å². The zero-order valence-electron chi connectivity index (χ0n) is 7.63. The molecule has 0 radical (unpaired) electrons. The first-order valence-corrected chi connectivity index (χ1v) is 4.12. The molecule has 0 aromatic carbocycles. The van der Waals surface area contributed by atoms with Crippen LogP contribution in [0.25, 0.3) is 0 Å². The third-order valence-corrected chi connectivity index (χ3v) is 1.31. The molecule has 2 N–H and O–H groups in total. The molecule has 11 heavy (non-hydrogen) atoms. The second-order valence-electron chi connectivity index (χ2n) is 2.97. The summed E-state index contributed by atoms with van der Waals surface area (Å²) in [5.74, 6) is 0. The van der Waals surface area contributed by atoms with E-state index in [0.29, 0.717) is 12.6 Å². The average molecular weight is 161 g/mol. The van der Waals surface area contributed by atoms with E-state index in [4.69, 9.17) is 9.84 Å². The van der Waals surface area contributed by atoms with Crippen LogP contribution < -0.4 is 5.32 Å². The zero-order chi connectivity index (χ0) is 8.69. The van der Waals surface area contributed by atoms with Gasteiger partial charge >= 0.3 is 0 Å². The molecule has 0 heterocycles. The smallest absolute Gasteiger partial charge is 0.0778 e. The van der Waals surface area contributed by atoms with Gasteiger partial charge in [0.05, 0.1) is 19.3 Å². The molecule has 0 aliphatic heterocycles. The second kappa shape index (κ2) is 6.58. The van der Waals surface area contributed by atoms with Crippen LogP contribution in [0.5, 0.6) is 0 Å². The van der Waals surface area contributed by atoms with Crippen molar-refractivity contribution in [2.45, 2.75) is 32.9 Å². The van der Waals surface area contributed by atoms with Gasteiger partial charge in [-0.3, -0.25) is 0 Å². The summed E-state index contributed by atoms with van der Waals surface area (Å²) in [6.07, 6.45) is -0.0380. The van der Waals surface area contributed by atoms with Crippen molar-refractivity contribution in [1.82, 2.24) is 5.32 Å². The largest absolute Gasteiger partial charge is 0.394 e. The summed E-state index contributed by atoms with van der Waals surface area (Å²) in [7, 11) is 0. The molecule has 0 aromatic rings. The van der Waals surface area contributed by atoms with Crippen LogP contribution in [-0.2, 0) is 4.74 Å². The van der Waals surface area contributed by atoms with E-state index in [1.54, 1.807) is 0 Å². The highest BCUT2D eigenvalue weighted by Crippen LogP contribution is 1.86. The lowest BCUT2D eigenvalue weighted by molar-refractivity contribution is 0.0262.